The molecule has 0 aliphatic carbocycles. The zero-order chi connectivity index (χ0) is 20.9. The summed E-state index contributed by atoms with van der Waals surface area (Å²) in [7, 11) is 0. The van der Waals surface area contributed by atoms with Gasteiger partial charge < -0.3 is 4.90 Å². The fourth-order valence-corrected chi connectivity index (χ4v) is 4.49. The third-order valence-electron chi connectivity index (χ3n) is 6.62. The van der Waals surface area contributed by atoms with Gasteiger partial charge in [0.05, 0.1) is 0 Å². The van der Waals surface area contributed by atoms with Crippen LogP contribution in [0, 0.1) is 5.92 Å². The molecule has 0 aromatic carbocycles. The molecule has 1 heteroatoms. The van der Waals surface area contributed by atoms with Gasteiger partial charge in [-0.15, -0.1) is 0 Å². The lowest BCUT2D eigenvalue weighted by molar-refractivity contribution is 0.171. The van der Waals surface area contributed by atoms with Gasteiger partial charge in [-0.3, -0.25) is 0 Å². The third-order valence-corrected chi connectivity index (χ3v) is 6.62. The number of hydrogen-bond donors (Lipinski definition) is 0. The van der Waals surface area contributed by atoms with Crippen LogP contribution in [0.3, 0.4) is 0 Å². The third kappa shape index (κ3) is 16.9. The molecule has 170 valence electrons. The Labute approximate surface area is 180 Å². The van der Waals surface area contributed by atoms with E-state index in [0.29, 0.717) is 0 Å². The highest BCUT2D eigenvalue weighted by molar-refractivity contribution is 4.71. The van der Waals surface area contributed by atoms with Crippen LogP contribution in [0.25, 0.3) is 0 Å². The Balaban J connectivity index is 3.80. The van der Waals surface area contributed by atoms with Gasteiger partial charge in [0.1, 0.15) is 0 Å². The number of hydrogen-bond acceptors (Lipinski definition) is 1. The highest BCUT2D eigenvalue weighted by atomic mass is 15.1. The van der Waals surface area contributed by atoms with Crippen LogP contribution < -0.4 is 0 Å². The van der Waals surface area contributed by atoms with Crippen molar-refractivity contribution in [1.82, 2.24) is 4.90 Å². The minimum absolute atomic E-state index is 0.831. The number of rotatable bonds is 22. The summed E-state index contributed by atoms with van der Waals surface area (Å²) in [6, 6.07) is 0.831. The average molecular weight is 396 g/mol. The molecule has 28 heavy (non-hydrogen) atoms. The zero-order valence-corrected chi connectivity index (χ0v) is 20.7. The summed E-state index contributed by atoms with van der Waals surface area (Å²) in [4.78, 5) is 2.82. The standard InChI is InChI=1S/C27H57N/c1-6-10-13-14-15-16-17-18-19-21-26(5)22-20-23-27(9-4)28(24-11-7-2)25-12-8-3/h26-27H,6-25H2,1-5H3. The Hall–Kier alpha value is -0.0400. The van der Waals surface area contributed by atoms with Crippen molar-refractivity contribution in [2.75, 3.05) is 13.1 Å². The lowest BCUT2D eigenvalue weighted by Gasteiger charge is -2.31. The van der Waals surface area contributed by atoms with E-state index in [1.807, 2.05) is 0 Å². The van der Waals surface area contributed by atoms with Gasteiger partial charge in [-0.25, -0.2) is 0 Å². The van der Waals surface area contributed by atoms with Gasteiger partial charge in [0.2, 0.25) is 0 Å². The Morgan fingerprint density at radius 3 is 1.46 bits per heavy atom. The molecule has 0 aliphatic rings. The van der Waals surface area contributed by atoms with E-state index in [4.69, 9.17) is 0 Å². The zero-order valence-electron chi connectivity index (χ0n) is 20.7. The molecule has 0 saturated heterocycles. The molecule has 1 nitrogen and oxygen atoms in total. The summed E-state index contributed by atoms with van der Waals surface area (Å²) in [6.45, 7) is 14.5. The molecule has 0 amide bonds. The molecule has 0 spiro atoms. The summed E-state index contributed by atoms with van der Waals surface area (Å²) >= 11 is 0. The Morgan fingerprint density at radius 2 is 0.964 bits per heavy atom. The van der Waals surface area contributed by atoms with Crippen LogP contribution in [0.2, 0.25) is 0 Å². The van der Waals surface area contributed by atoms with Gasteiger partial charge in [-0.2, -0.15) is 0 Å². The predicted octanol–water partition coefficient (Wildman–Crippen LogP) is 9.39. The first-order chi connectivity index (χ1) is 13.7. The van der Waals surface area contributed by atoms with Crippen LogP contribution >= 0.6 is 0 Å². The second kappa shape index (κ2) is 21.7. The van der Waals surface area contributed by atoms with Crippen molar-refractivity contribution in [2.45, 2.75) is 156 Å². The van der Waals surface area contributed by atoms with E-state index in [1.54, 1.807) is 0 Å². The van der Waals surface area contributed by atoms with Crippen LogP contribution in [0.1, 0.15) is 150 Å². The van der Waals surface area contributed by atoms with E-state index in [9.17, 15) is 0 Å². The van der Waals surface area contributed by atoms with Crippen LogP contribution in [0.4, 0.5) is 0 Å². The van der Waals surface area contributed by atoms with Crippen LogP contribution in [0.5, 0.6) is 0 Å². The molecule has 0 heterocycles. The van der Waals surface area contributed by atoms with E-state index in [0.717, 1.165) is 12.0 Å². The van der Waals surface area contributed by atoms with Gasteiger partial charge in [0.15, 0.2) is 0 Å². The predicted molar refractivity (Wildman–Crippen MR) is 130 cm³/mol. The quantitative estimate of drug-likeness (QED) is 0.165. The first-order valence-corrected chi connectivity index (χ1v) is 13.4. The molecule has 0 bridgehead atoms. The Kier molecular flexibility index (Phi) is 21.6. The smallest absolute Gasteiger partial charge is 0.00926 e. The second-order valence-corrected chi connectivity index (χ2v) is 9.46. The molecular formula is C27H57N. The van der Waals surface area contributed by atoms with E-state index in [2.05, 4.69) is 39.5 Å². The van der Waals surface area contributed by atoms with Crippen molar-refractivity contribution < 1.29 is 0 Å². The number of nitrogens with zero attached hydrogens (tertiary/aromatic N) is 1. The fraction of sp³-hybridized carbons (Fsp3) is 1.00. The minimum Gasteiger partial charge on any atom is -0.300 e. The van der Waals surface area contributed by atoms with Gasteiger partial charge in [0.25, 0.3) is 0 Å². The minimum atomic E-state index is 0.831. The first kappa shape index (κ1) is 28.0. The maximum atomic E-state index is 2.82. The van der Waals surface area contributed by atoms with E-state index in [-0.39, 0.29) is 0 Å². The first-order valence-electron chi connectivity index (χ1n) is 13.4. The van der Waals surface area contributed by atoms with Crippen molar-refractivity contribution in [1.29, 1.82) is 0 Å². The summed E-state index contributed by atoms with van der Waals surface area (Å²) < 4.78 is 0. The van der Waals surface area contributed by atoms with Crippen molar-refractivity contribution in [3.05, 3.63) is 0 Å². The molecule has 0 radical (unpaired) electrons. The van der Waals surface area contributed by atoms with Gasteiger partial charge in [-0.05, 0) is 44.7 Å². The molecule has 0 N–H and O–H groups in total. The summed E-state index contributed by atoms with van der Waals surface area (Å²) in [5.74, 6) is 0.932. The van der Waals surface area contributed by atoms with E-state index < -0.39 is 0 Å². The lowest BCUT2D eigenvalue weighted by Crippen LogP contribution is -2.36. The molecule has 0 aromatic rings. The van der Waals surface area contributed by atoms with Crippen molar-refractivity contribution in [2.24, 2.45) is 5.92 Å². The normalized spacial score (nSPS) is 13.9. The van der Waals surface area contributed by atoms with Crippen molar-refractivity contribution >= 4 is 0 Å². The Morgan fingerprint density at radius 1 is 0.500 bits per heavy atom. The second-order valence-electron chi connectivity index (χ2n) is 9.46. The topological polar surface area (TPSA) is 3.24 Å². The highest BCUT2D eigenvalue weighted by Gasteiger charge is 2.16. The van der Waals surface area contributed by atoms with Crippen molar-refractivity contribution in [3.8, 4) is 0 Å². The summed E-state index contributed by atoms with van der Waals surface area (Å²) in [5, 5.41) is 0. The molecule has 0 rings (SSSR count). The Bertz CT molecular complexity index is 280. The maximum Gasteiger partial charge on any atom is 0.00926 e. The summed E-state index contributed by atoms with van der Waals surface area (Å²) in [6.07, 6.45) is 25.6. The molecule has 0 aromatic heterocycles. The van der Waals surface area contributed by atoms with Crippen LogP contribution in [-0.2, 0) is 0 Å². The molecular weight excluding hydrogens is 338 g/mol. The average Bonchev–Trinajstić information content (AvgIpc) is 2.70. The lowest BCUT2D eigenvalue weighted by atomic mass is 9.94. The van der Waals surface area contributed by atoms with Crippen molar-refractivity contribution in [3.63, 3.8) is 0 Å². The molecule has 0 saturated carbocycles. The van der Waals surface area contributed by atoms with Gasteiger partial charge in [0, 0.05) is 6.04 Å². The molecule has 2 atom stereocenters. The number of unbranched alkanes of at least 4 members (excludes halogenated alkanes) is 10. The summed E-state index contributed by atoms with van der Waals surface area (Å²) in [5.41, 5.74) is 0. The van der Waals surface area contributed by atoms with E-state index >= 15 is 0 Å². The van der Waals surface area contributed by atoms with E-state index in [1.165, 1.54) is 129 Å². The molecule has 2 unspecified atom stereocenters. The van der Waals surface area contributed by atoms with Gasteiger partial charge in [-0.1, -0.05) is 125 Å². The highest BCUT2D eigenvalue weighted by Crippen LogP contribution is 2.21. The van der Waals surface area contributed by atoms with Gasteiger partial charge >= 0.3 is 0 Å². The van der Waals surface area contributed by atoms with Crippen LogP contribution in [0.15, 0.2) is 0 Å². The monoisotopic (exact) mass is 395 g/mol. The largest absolute Gasteiger partial charge is 0.300 e. The SMILES string of the molecule is CCCCCCCCCCCC(C)CCCC(CC)N(CCCC)CCCC. The van der Waals surface area contributed by atoms with Crippen LogP contribution in [-0.4, -0.2) is 24.0 Å². The molecule has 0 fully saturated rings. The maximum absolute atomic E-state index is 2.82. The fourth-order valence-electron chi connectivity index (χ4n) is 4.49. The molecule has 0 aliphatic heterocycles.